The van der Waals surface area contributed by atoms with E-state index in [0.717, 1.165) is 30.7 Å². The summed E-state index contributed by atoms with van der Waals surface area (Å²) in [7, 11) is 0. The van der Waals surface area contributed by atoms with Gasteiger partial charge in [0.1, 0.15) is 5.76 Å². The topological polar surface area (TPSA) is 46.3 Å². The predicted molar refractivity (Wildman–Crippen MR) is 53.0 cm³/mol. The van der Waals surface area contributed by atoms with Gasteiger partial charge in [-0.2, -0.15) is 0 Å². The van der Waals surface area contributed by atoms with Crippen LogP contribution >= 0.6 is 0 Å². The lowest BCUT2D eigenvalue weighted by molar-refractivity contribution is -0.132. The summed E-state index contributed by atoms with van der Waals surface area (Å²) in [5, 5.41) is 3.76. The van der Waals surface area contributed by atoms with Gasteiger partial charge >= 0.3 is 0 Å². The summed E-state index contributed by atoms with van der Waals surface area (Å²) in [6.45, 7) is 1.47. The number of aromatic nitrogens is 1. The molecule has 0 unspecified atom stereocenters. The molecule has 4 heteroatoms. The molecule has 2 heterocycles. The maximum Gasteiger partial charge on any atom is 0.223 e. The van der Waals surface area contributed by atoms with E-state index in [1.807, 2.05) is 4.90 Å². The Kier molecular flexibility index (Phi) is 2.01. The first kappa shape index (κ1) is 8.95. The molecule has 1 aromatic rings. The minimum atomic E-state index is 0.296. The van der Waals surface area contributed by atoms with Gasteiger partial charge in [-0.3, -0.25) is 4.79 Å². The molecule has 1 fully saturated rings. The van der Waals surface area contributed by atoms with Crippen molar-refractivity contribution in [2.24, 2.45) is 5.92 Å². The molecule has 4 nitrogen and oxygen atoms in total. The van der Waals surface area contributed by atoms with E-state index in [9.17, 15) is 4.79 Å². The standard InChI is InChI=1S/C11H14N2O2/c14-11(5-8-1-2-8)13-4-3-10-9(7-13)6-12-15-10/h6,8H,1-5,7H2. The van der Waals surface area contributed by atoms with Crippen molar-refractivity contribution >= 4 is 5.91 Å². The molecule has 0 aromatic carbocycles. The molecule has 0 bridgehead atoms. The number of carbonyl (C=O) groups excluding carboxylic acids is 1. The van der Waals surface area contributed by atoms with Crippen molar-refractivity contribution in [2.45, 2.75) is 32.2 Å². The molecule has 1 aliphatic heterocycles. The fourth-order valence-electron chi connectivity index (χ4n) is 2.05. The summed E-state index contributed by atoms with van der Waals surface area (Å²) in [5.41, 5.74) is 1.07. The fraction of sp³-hybridized carbons (Fsp3) is 0.636. The average molecular weight is 206 g/mol. The van der Waals surface area contributed by atoms with Crippen molar-refractivity contribution in [3.8, 4) is 0 Å². The maximum absolute atomic E-state index is 11.9. The van der Waals surface area contributed by atoms with E-state index >= 15 is 0 Å². The molecule has 2 aliphatic rings. The van der Waals surface area contributed by atoms with Crippen LogP contribution in [0, 0.1) is 5.92 Å². The molecule has 1 aromatic heterocycles. The minimum absolute atomic E-state index is 0.296. The number of hydrogen-bond acceptors (Lipinski definition) is 3. The van der Waals surface area contributed by atoms with E-state index in [1.165, 1.54) is 12.8 Å². The molecule has 80 valence electrons. The van der Waals surface area contributed by atoms with Gasteiger partial charge in [0.05, 0.1) is 12.7 Å². The Morgan fingerprint density at radius 3 is 3.27 bits per heavy atom. The molecular formula is C11H14N2O2. The summed E-state index contributed by atoms with van der Waals surface area (Å²) >= 11 is 0. The van der Waals surface area contributed by atoms with Gasteiger partial charge < -0.3 is 9.42 Å². The van der Waals surface area contributed by atoms with Crippen molar-refractivity contribution < 1.29 is 9.32 Å². The van der Waals surface area contributed by atoms with Crippen LogP contribution in [-0.4, -0.2) is 22.5 Å². The summed E-state index contributed by atoms with van der Waals surface area (Å²) in [4.78, 5) is 13.8. The monoisotopic (exact) mass is 206 g/mol. The second-order valence-electron chi connectivity index (χ2n) is 4.49. The Labute approximate surface area is 88.2 Å². The van der Waals surface area contributed by atoms with Crippen molar-refractivity contribution in [1.82, 2.24) is 10.1 Å². The maximum atomic E-state index is 11.9. The molecule has 0 N–H and O–H groups in total. The number of amides is 1. The van der Waals surface area contributed by atoms with Crippen LogP contribution < -0.4 is 0 Å². The molecule has 15 heavy (non-hydrogen) atoms. The third-order valence-corrected chi connectivity index (χ3v) is 3.21. The smallest absolute Gasteiger partial charge is 0.223 e. The van der Waals surface area contributed by atoms with E-state index in [1.54, 1.807) is 6.20 Å². The number of rotatable bonds is 2. The Morgan fingerprint density at radius 1 is 1.60 bits per heavy atom. The minimum Gasteiger partial charge on any atom is -0.361 e. The van der Waals surface area contributed by atoms with Crippen LogP contribution in [0.15, 0.2) is 10.7 Å². The van der Waals surface area contributed by atoms with Gasteiger partial charge in [-0.25, -0.2) is 0 Å². The number of nitrogens with zero attached hydrogens (tertiary/aromatic N) is 2. The van der Waals surface area contributed by atoms with Crippen molar-refractivity contribution in [2.75, 3.05) is 6.54 Å². The summed E-state index contributed by atoms with van der Waals surface area (Å²) in [6.07, 6.45) is 5.74. The third-order valence-electron chi connectivity index (χ3n) is 3.21. The van der Waals surface area contributed by atoms with Crippen LogP contribution in [0.4, 0.5) is 0 Å². The zero-order valence-corrected chi connectivity index (χ0v) is 8.61. The van der Waals surface area contributed by atoms with Gasteiger partial charge in [0.15, 0.2) is 0 Å². The lowest BCUT2D eigenvalue weighted by Crippen LogP contribution is -2.35. The molecule has 1 saturated carbocycles. The Morgan fingerprint density at radius 2 is 2.47 bits per heavy atom. The molecule has 0 radical (unpaired) electrons. The first-order valence-electron chi connectivity index (χ1n) is 5.53. The first-order valence-corrected chi connectivity index (χ1v) is 5.53. The van der Waals surface area contributed by atoms with Crippen LogP contribution in [0.1, 0.15) is 30.6 Å². The molecule has 0 saturated heterocycles. The van der Waals surface area contributed by atoms with E-state index in [-0.39, 0.29) is 0 Å². The summed E-state index contributed by atoms with van der Waals surface area (Å²) in [5.74, 6) is 1.91. The quantitative estimate of drug-likeness (QED) is 0.734. The van der Waals surface area contributed by atoms with Crippen molar-refractivity contribution in [3.63, 3.8) is 0 Å². The van der Waals surface area contributed by atoms with E-state index in [0.29, 0.717) is 18.4 Å². The SMILES string of the molecule is O=C(CC1CC1)N1CCc2oncc2C1. The molecule has 0 spiro atoms. The zero-order valence-electron chi connectivity index (χ0n) is 8.61. The highest BCUT2D eigenvalue weighted by Gasteiger charge is 2.29. The Hall–Kier alpha value is -1.32. The zero-order chi connectivity index (χ0) is 10.3. The lowest BCUT2D eigenvalue weighted by atomic mass is 10.1. The van der Waals surface area contributed by atoms with Crippen molar-refractivity contribution in [3.05, 3.63) is 17.5 Å². The van der Waals surface area contributed by atoms with Crippen LogP contribution in [-0.2, 0) is 17.8 Å². The predicted octanol–water partition coefficient (Wildman–Crippen LogP) is 1.36. The van der Waals surface area contributed by atoms with Crippen LogP contribution in [0.2, 0.25) is 0 Å². The first-order chi connectivity index (χ1) is 7.33. The highest BCUT2D eigenvalue weighted by atomic mass is 16.5. The second-order valence-corrected chi connectivity index (χ2v) is 4.49. The average Bonchev–Trinajstić information content (AvgIpc) is 2.94. The fourth-order valence-corrected chi connectivity index (χ4v) is 2.05. The summed E-state index contributed by atoms with van der Waals surface area (Å²) in [6, 6.07) is 0. The van der Waals surface area contributed by atoms with Crippen LogP contribution in [0.5, 0.6) is 0 Å². The van der Waals surface area contributed by atoms with Gasteiger partial charge in [0, 0.05) is 24.9 Å². The van der Waals surface area contributed by atoms with Gasteiger partial charge in [0.2, 0.25) is 5.91 Å². The van der Waals surface area contributed by atoms with E-state index in [4.69, 9.17) is 4.52 Å². The van der Waals surface area contributed by atoms with Gasteiger partial charge in [-0.05, 0) is 18.8 Å². The number of fused-ring (bicyclic) bond motifs is 1. The number of carbonyl (C=O) groups is 1. The molecule has 3 rings (SSSR count). The second kappa shape index (κ2) is 3.36. The molecule has 1 amide bonds. The van der Waals surface area contributed by atoms with Gasteiger partial charge in [0.25, 0.3) is 0 Å². The van der Waals surface area contributed by atoms with Gasteiger partial charge in [-0.1, -0.05) is 5.16 Å². The molecular weight excluding hydrogens is 192 g/mol. The Bertz CT molecular complexity index is 382. The Balaban J connectivity index is 1.66. The van der Waals surface area contributed by atoms with Gasteiger partial charge in [-0.15, -0.1) is 0 Å². The highest BCUT2D eigenvalue weighted by Crippen LogP contribution is 2.33. The van der Waals surface area contributed by atoms with E-state index in [2.05, 4.69) is 5.16 Å². The molecule has 0 atom stereocenters. The highest BCUT2D eigenvalue weighted by molar-refractivity contribution is 5.77. The summed E-state index contributed by atoms with van der Waals surface area (Å²) < 4.78 is 5.09. The van der Waals surface area contributed by atoms with Crippen LogP contribution in [0.25, 0.3) is 0 Å². The van der Waals surface area contributed by atoms with Crippen molar-refractivity contribution in [1.29, 1.82) is 0 Å². The van der Waals surface area contributed by atoms with E-state index < -0.39 is 0 Å². The normalized spacial score (nSPS) is 20.1. The molecule has 1 aliphatic carbocycles. The largest absolute Gasteiger partial charge is 0.361 e. The third kappa shape index (κ3) is 1.76. The van der Waals surface area contributed by atoms with Crippen LogP contribution in [0.3, 0.4) is 0 Å². The number of hydrogen-bond donors (Lipinski definition) is 0. The lowest BCUT2D eigenvalue weighted by Gasteiger charge is -2.25.